The van der Waals surface area contributed by atoms with E-state index in [1.807, 2.05) is 13.8 Å². The lowest BCUT2D eigenvalue weighted by Crippen LogP contribution is -2.09. The van der Waals surface area contributed by atoms with Crippen molar-refractivity contribution in [3.8, 4) is 0 Å². The summed E-state index contributed by atoms with van der Waals surface area (Å²) in [4.78, 5) is 0. The Morgan fingerprint density at radius 2 is 2.29 bits per heavy atom. The molecule has 0 saturated carbocycles. The van der Waals surface area contributed by atoms with Gasteiger partial charge in [0.15, 0.2) is 0 Å². The van der Waals surface area contributed by atoms with Gasteiger partial charge in [0.05, 0.1) is 12.1 Å². The molecule has 0 aliphatic rings. The van der Waals surface area contributed by atoms with Crippen molar-refractivity contribution in [3.05, 3.63) is 0 Å². The minimum Gasteiger partial charge on any atom is -0.306 e. The average molecular weight is 255 g/mol. The van der Waals surface area contributed by atoms with Crippen molar-refractivity contribution in [1.29, 1.82) is 0 Å². The molecule has 0 aromatic heterocycles. The van der Waals surface area contributed by atoms with Crippen LogP contribution in [0.25, 0.3) is 0 Å². The first kappa shape index (κ1) is 14.4. The van der Waals surface area contributed by atoms with Crippen LogP contribution >= 0.6 is 30.3 Å². The third kappa shape index (κ3) is 6.02. The zero-order chi connectivity index (χ0) is 11.0. The molecule has 0 radical (unpaired) electrons. The maximum absolute atomic E-state index is 12.1. The predicted molar refractivity (Wildman–Crippen MR) is 68.0 cm³/mol. The van der Waals surface area contributed by atoms with Crippen LogP contribution in [0.2, 0.25) is 0 Å². The zero-order valence-electron chi connectivity index (χ0n) is 8.86. The zero-order valence-corrected chi connectivity index (χ0v) is 11.4. The van der Waals surface area contributed by atoms with E-state index in [0.29, 0.717) is 11.9 Å². The Labute approximate surface area is 95.6 Å². The Morgan fingerprint density at radius 1 is 1.64 bits per heavy atom. The Hall–Kier alpha value is 0.430. The van der Waals surface area contributed by atoms with Crippen molar-refractivity contribution in [2.45, 2.75) is 38.9 Å². The second-order valence-corrected chi connectivity index (χ2v) is 7.74. The van der Waals surface area contributed by atoms with Gasteiger partial charge in [-0.1, -0.05) is 33.0 Å². The van der Waals surface area contributed by atoms with Crippen LogP contribution in [0.1, 0.15) is 33.6 Å². The van der Waals surface area contributed by atoms with Gasteiger partial charge >= 0.3 is 6.72 Å². The minimum absolute atomic E-state index is 0.306. The second kappa shape index (κ2) is 7.69. The molecule has 6 heteroatoms. The topological polar surface area (TPSA) is 38.3 Å². The average Bonchev–Trinajstić information content (AvgIpc) is 2.15. The smallest absolute Gasteiger partial charge is 0.306 e. The lowest BCUT2D eigenvalue weighted by Gasteiger charge is -2.19. The van der Waals surface area contributed by atoms with Crippen molar-refractivity contribution in [3.63, 3.8) is 0 Å². The highest BCUT2D eigenvalue weighted by Gasteiger charge is 2.24. The van der Waals surface area contributed by atoms with Crippen molar-refractivity contribution in [1.82, 2.24) is 5.09 Å². The SMILES string of the molecule is CCCOP(=O)(NC=S)SC(C)CC. The normalized spacial score (nSPS) is 17.1. The Bertz CT molecular complexity index is 214. The van der Waals surface area contributed by atoms with E-state index in [1.54, 1.807) is 0 Å². The monoisotopic (exact) mass is 255 g/mol. The van der Waals surface area contributed by atoms with Crippen LogP contribution in [0, 0.1) is 0 Å². The van der Waals surface area contributed by atoms with Crippen LogP contribution in [-0.2, 0) is 9.09 Å². The molecular weight excluding hydrogens is 237 g/mol. The molecule has 0 bridgehead atoms. The summed E-state index contributed by atoms with van der Waals surface area (Å²) in [7, 11) is 0. The van der Waals surface area contributed by atoms with Gasteiger partial charge < -0.3 is 9.61 Å². The molecule has 0 aliphatic heterocycles. The van der Waals surface area contributed by atoms with Crippen LogP contribution in [0.4, 0.5) is 0 Å². The van der Waals surface area contributed by atoms with Crippen LogP contribution in [0.3, 0.4) is 0 Å². The van der Waals surface area contributed by atoms with Gasteiger partial charge in [0.1, 0.15) is 0 Å². The number of hydrogen-bond acceptors (Lipinski definition) is 4. The molecular formula is C8H18NO2PS2. The van der Waals surface area contributed by atoms with Crippen molar-refractivity contribution in [2.75, 3.05) is 6.61 Å². The van der Waals surface area contributed by atoms with E-state index >= 15 is 0 Å². The lowest BCUT2D eigenvalue weighted by molar-refractivity contribution is 0.322. The molecule has 0 aromatic carbocycles. The molecule has 0 aliphatic carbocycles. The Kier molecular flexibility index (Phi) is 7.92. The molecule has 2 atom stereocenters. The first-order valence-corrected chi connectivity index (χ1v) is 8.30. The second-order valence-electron chi connectivity index (χ2n) is 2.90. The van der Waals surface area contributed by atoms with E-state index in [9.17, 15) is 4.57 Å². The molecule has 0 fully saturated rings. The Balaban J connectivity index is 4.22. The van der Waals surface area contributed by atoms with Crippen molar-refractivity contribution >= 4 is 35.8 Å². The highest BCUT2D eigenvalue weighted by Crippen LogP contribution is 2.57. The number of hydrogen-bond donors (Lipinski definition) is 1. The Morgan fingerprint density at radius 3 is 2.71 bits per heavy atom. The van der Waals surface area contributed by atoms with Gasteiger partial charge in [-0.3, -0.25) is 4.57 Å². The van der Waals surface area contributed by atoms with Gasteiger partial charge in [-0.2, -0.15) is 0 Å². The molecule has 14 heavy (non-hydrogen) atoms. The van der Waals surface area contributed by atoms with E-state index in [0.717, 1.165) is 12.8 Å². The fourth-order valence-corrected chi connectivity index (χ4v) is 5.29. The summed E-state index contributed by atoms with van der Waals surface area (Å²) in [6.45, 7) is 3.76. The number of nitrogens with one attached hydrogen (secondary N) is 1. The van der Waals surface area contributed by atoms with Gasteiger partial charge in [0, 0.05) is 5.25 Å². The first-order valence-electron chi connectivity index (χ1n) is 4.72. The summed E-state index contributed by atoms with van der Waals surface area (Å²) in [5.41, 5.74) is 1.27. The quantitative estimate of drug-likeness (QED) is 0.530. The van der Waals surface area contributed by atoms with Crippen LogP contribution in [-0.4, -0.2) is 17.3 Å². The van der Waals surface area contributed by atoms with Gasteiger partial charge in [-0.25, -0.2) is 0 Å². The summed E-state index contributed by atoms with van der Waals surface area (Å²) >= 11 is 5.97. The van der Waals surface area contributed by atoms with Gasteiger partial charge in [-0.15, -0.1) is 0 Å². The standard InChI is InChI=1S/C8H18NO2PS2/c1-4-6-11-12(10,9-7-13)14-8(3)5-2/h7-8H,4-6H2,1-3H3,(H,9,10,13). The third-order valence-electron chi connectivity index (χ3n) is 1.57. The molecule has 84 valence electrons. The van der Waals surface area contributed by atoms with Gasteiger partial charge in [-0.05, 0) is 24.2 Å². The summed E-state index contributed by atoms with van der Waals surface area (Å²) in [5, 5.41) is 2.95. The summed E-state index contributed by atoms with van der Waals surface area (Å²) in [6, 6.07) is 0. The molecule has 0 aromatic rings. The number of thiocarbonyl (C=S) groups is 1. The predicted octanol–water partition coefficient (Wildman–Crippen LogP) is 3.60. The van der Waals surface area contributed by atoms with Crippen LogP contribution in [0.15, 0.2) is 0 Å². The highest BCUT2D eigenvalue weighted by molar-refractivity contribution is 8.56. The fraction of sp³-hybridized carbons (Fsp3) is 0.875. The van der Waals surface area contributed by atoms with Gasteiger partial charge in [0.2, 0.25) is 0 Å². The first-order chi connectivity index (χ1) is 6.58. The highest BCUT2D eigenvalue weighted by atomic mass is 32.7. The lowest BCUT2D eigenvalue weighted by atomic mass is 10.4. The minimum atomic E-state index is -2.80. The molecule has 0 spiro atoms. The summed E-state index contributed by atoms with van der Waals surface area (Å²) in [5.74, 6) is 0. The van der Waals surface area contributed by atoms with E-state index < -0.39 is 6.72 Å². The maximum Gasteiger partial charge on any atom is 0.351 e. The molecule has 2 unspecified atom stereocenters. The van der Waals surface area contributed by atoms with E-state index in [1.165, 1.54) is 16.9 Å². The largest absolute Gasteiger partial charge is 0.351 e. The molecule has 0 heterocycles. The molecule has 0 saturated heterocycles. The molecule has 3 nitrogen and oxygen atoms in total. The molecule has 0 amide bonds. The maximum atomic E-state index is 12.1. The van der Waals surface area contributed by atoms with E-state index in [-0.39, 0.29) is 0 Å². The summed E-state index contributed by atoms with van der Waals surface area (Å²) in [6.07, 6.45) is 1.81. The molecule has 1 N–H and O–H groups in total. The van der Waals surface area contributed by atoms with E-state index in [4.69, 9.17) is 4.52 Å². The van der Waals surface area contributed by atoms with Crippen molar-refractivity contribution in [2.24, 2.45) is 0 Å². The summed E-state index contributed by atoms with van der Waals surface area (Å²) < 4.78 is 17.4. The van der Waals surface area contributed by atoms with Crippen molar-refractivity contribution < 1.29 is 9.09 Å². The number of rotatable bonds is 8. The van der Waals surface area contributed by atoms with E-state index in [2.05, 4.69) is 24.2 Å². The van der Waals surface area contributed by atoms with Gasteiger partial charge in [0.25, 0.3) is 0 Å². The third-order valence-corrected chi connectivity index (χ3v) is 6.35. The van der Waals surface area contributed by atoms with Crippen LogP contribution < -0.4 is 5.09 Å². The van der Waals surface area contributed by atoms with Crippen LogP contribution in [0.5, 0.6) is 0 Å². The molecule has 0 rings (SSSR count). The fourth-order valence-electron chi connectivity index (χ4n) is 0.686.